The van der Waals surface area contributed by atoms with Gasteiger partial charge in [-0.05, 0) is 0 Å². The van der Waals surface area contributed by atoms with Crippen molar-refractivity contribution in [1.29, 1.82) is 0 Å². The summed E-state index contributed by atoms with van der Waals surface area (Å²) in [5.41, 5.74) is 0. The van der Waals surface area contributed by atoms with Crippen molar-refractivity contribution in [3.63, 3.8) is 0 Å². The van der Waals surface area contributed by atoms with Crippen LogP contribution in [0.25, 0.3) is 0 Å². The Bertz CT molecular complexity index is 252. The van der Waals surface area contributed by atoms with Crippen LogP contribution in [0.5, 0.6) is 0 Å². The van der Waals surface area contributed by atoms with Gasteiger partial charge in [-0.25, -0.2) is 0 Å². The average Bonchev–Trinajstić information content (AvgIpc) is 3.09. The Balaban J connectivity index is 0.000000205. The summed E-state index contributed by atoms with van der Waals surface area (Å²) in [5.74, 6) is 0. The van der Waals surface area contributed by atoms with E-state index >= 15 is 0 Å². The smallest absolute Gasteiger partial charge is 0.359 e. The van der Waals surface area contributed by atoms with Crippen molar-refractivity contribution in [2.75, 3.05) is 0 Å². The van der Waals surface area contributed by atoms with E-state index in [4.69, 9.17) is 0 Å². The van der Waals surface area contributed by atoms with Gasteiger partial charge in [0.15, 0.2) is 0 Å². The van der Waals surface area contributed by atoms with Crippen molar-refractivity contribution < 1.29 is 0 Å². The minimum atomic E-state index is 0. The zero-order chi connectivity index (χ0) is 10.6. The Kier molecular flexibility index (Phi) is 9.46. The van der Waals surface area contributed by atoms with Crippen LogP contribution in [0.2, 0.25) is 0 Å². The molecule has 0 spiro atoms. The van der Waals surface area contributed by atoms with Gasteiger partial charge in [0.25, 0.3) is 0 Å². The van der Waals surface area contributed by atoms with Crippen molar-refractivity contribution in [3.05, 3.63) is 37.2 Å². The maximum Gasteiger partial charge on any atom is 3.00 e. The molecule has 0 aliphatic rings. The number of aromatic nitrogens is 9. The first-order valence-corrected chi connectivity index (χ1v) is 3.75. The monoisotopic (exact) mass is 235 g/mol. The molecule has 0 N–H and O–H groups in total. The average molecular weight is 235 g/mol. The van der Waals surface area contributed by atoms with Gasteiger partial charge in [-0.3, -0.25) is 15.6 Å². The Labute approximate surface area is 94.1 Å². The molecule has 2 radical (unpaired) electrons. The second-order valence-electron chi connectivity index (χ2n) is 1.86. The van der Waals surface area contributed by atoms with Crippen molar-refractivity contribution in [1.82, 2.24) is 46.2 Å². The molecular weight excluding hydrogens is 229 g/mol. The Morgan fingerprint density at radius 1 is 0.562 bits per heavy atom. The molecule has 3 aromatic heterocycles. The molecule has 0 bridgehead atoms. The molecule has 10 heteroatoms. The van der Waals surface area contributed by atoms with Gasteiger partial charge in [-0.15, -0.1) is 0 Å². The van der Waals surface area contributed by atoms with Gasteiger partial charge in [0.2, 0.25) is 0 Å². The summed E-state index contributed by atoms with van der Waals surface area (Å²) < 4.78 is 0. The molecule has 0 saturated heterocycles. The molecule has 0 amide bonds. The van der Waals surface area contributed by atoms with Crippen LogP contribution in [0.3, 0.4) is 0 Å². The van der Waals surface area contributed by atoms with Crippen LogP contribution in [0.4, 0.5) is 0 Å². The molecular formula is C6H6N9P. The van der Waals surface area contributed by atoms with Crippen LogP contribution in [0, 0.1) is 0 Å². The van der Waals surface area contributed by atoms with Crippen LogP contribution in [-0.4, -0.2) is 30.9 Å². The van der Waals surface area contributed by atoms with Gasteiger partial charge in [0.05, 0.1) is 0 Å². The van der Waals surface area contributed by atoms with Crippen LogP contribution >= 0.6 is 9.90 Å². The van der Waals surface area contributed by atoms with Crippen molar-refractivity contribution in [2.45, 2.75) is 0 Å². The molecule has 0 aliphatic carbocycles. The van der Waals surface area contributed by atoms with E-state index in [0.717, 1.165) is 0 Å². The fraction of sp³-hybridized carbons (Fsp3) is 0. The van der Waals surface area contributed by atoms with Gasteiger partial charge in [-0.2, -0.15) is 0 Å². The molecule has 0 saturated carbocycles. The summed E-state index contributed by atoms with van der Waals surface area (Å²) in [4.78, 5) is 0. The Morgan fingerprint density at radius 2 is 0.875 bits per heavy atom. The fourth-order valence-electron chi connectivity index (χ4n) is 0.447. The van der Waals surface area contributed by atoms with Crippen molar-refractivity contribution in [2.24, 2.45) is 0 Å². The van der Waals surface area contributed by atoms with E-state index < -0.39 is 0 Å². The third-order valence-electron chi connectivity index (χ3n) is 0.910. The van der Waals surface area contributed by atoms with E-state index in [0.29, 0.717) is 0 Å². The first-order valence-electron chi connectivity index (χ1n) is 3.75. The largest absolute Gasteiger partial charge is 3.00 e. The molecule has 0 unspecified atom stereocenters. The van der Waals surface area contributed by atoms with Crippen LogP contribution in [-0.2, 0) is 0 Å². The normalized spacial score (nSPS) is 7.50. The summed E-state index contributed by atoms with van der Waals surface area (Å²) in [7, 11) is 0. The molecule has 0 atom stereocenters. The molecule has 80 valence electrons. The van der Waals surface area contributed by atoms with Gasteiger partial charge < -0.3 is 30.6 Å². The second kappa shape index (κ2) is 10.9. The van der Waals surface area contributed by atoms with Crippen molar-refractivity contribution in [3.8, 4) is 0 Å². The Morgan fingerprint density at radius 3 is 0.938 bits per heavy atom. The number of rotatable bonds is 0. The standard InChI is InChI=1S/3C2H2N3.P/c3*1-2-4-5-3-1;/h3*1-2H;/q3*-1;+3. The minimum Gasteiger partial charge on any atom is -0.359 e. The van der Waals surface area contributed by atoms with Crippen molar-refractivity contribution >= 4 is 9.90 Å². The number of nitrogens with zero attached hydrogens (tertiary/aromatic N) is 9. The minimum absolute atomic E-state index is 0. The Hall–Kier alpha value is -2.15. The molecule has 0 aliphatic heterocycles. The second-order valence-corrected chi connectivity index (χ2v) is 1.86. The van der Waals surface area contributed by atoms with Gasteiger partial charge in [-0.1, -0.05) is 37.2 Å². The molecule has 0 aromatic carbocycles. The molecule has 16 heavy (non-hydrogen) atoms. The van der Waals surface area contributed by atoms with E-state index in [-0.39, 0.29) is 9.90 Å². The number of hydrogen-bond acceptors (Lipinski definition) is 6. The molecule has 0 fully saturated rings. The zero-order valence-electron chi connectivity index (χ0n) is 7.94. The third-order valence-corrected chi connectivity index (χ3v) is 0.910. The summed E-state index contributed by atoms with van der Waals surface area (Å²) in [6.07, 6.45) is 9.17. The molecule has 3 rings (SSSR count). The van der Waals surface area contributed by atoms with Crippen LogP contribution in [0.15, 0.2) is 37.2 Å². The van der Waals surface area contributed by atoms with Crippen LogP contribution < -0.4 is 15.3 Å². The molecule has 9 nitrogen and oxygen atoms in total. The summed E-state index contributed by atoms with van der Waals surface area (Å²) in [6.45, 7) is 0. The van der Waals surface area contributed by atoms with E-state index in [1.54, 1.807) is 0 Å². The first-order chi connectivity index (χ1) is 7.50. The summed E-state index contributed by atoms with van der Waals surface area (Å²) in [6, 6.07) is 0. The van der Waals surface area contributed by atoms with E-state index in [9.17, 15) is 0 Å². The third kappa shape index (κ3) is 8.45. The molecule has 3 aromatic rings. The van der Waals surface area contributed by atoms with E-state index in [1.807, 2.05) is 0 Å². The van der Waals surface area contributed by atoms with Gasteiger partial charge >= 0.3 is 9.90 Å². The fourth-order valence-corrected chi connectivity index (χ4v) is 0.447. The quantitative estimate of drug-likeness (QED) is 0.459. The molecule has 3 heterocycles. The van der Waals surface area contributed by atoms with E-state index in [1.165, 1.54) is 37.2 Å². The maximum absolute atomic E-state index is 3.36. The first kappa shape index (κ1) is 13.8. The SMILES string of the molecule is [P+3].c1c[n-]nn1.c1c[n-]nn1.c1c[n-]nn1. The zero-order valence-corrected chi connectivity index (χ0v) is 8.83. The number of hydrogen-bond donors (Lipinski definition) is 0. The predicted octanol–water partition coefficient (Wildman–Crippen LogP) is -0.837. The summed E-state index contributed by atoms with van der Waals surface area (Å²) >= 11 is 0. The van der Waals surface area contributed by atoms with Gasteiger partial charge in [0.1, 0.15) is 0 Å². The van der Waals surface area contributed by atoms with E-state index in [2.05, 4.69) is 46.2 Å². The maximum atomic E-state index is 3.36. The summed E-state index contributed by atoms with van der Waals surface area (Å²) in [5, 5.41) is 29.8. The topological polar surface area (TPSA) is 120 Å². The van der Waals surface area contributed by atoms with Gasteiger partial charge in [0, 0.05) is 0 Å². The predicted molar refractivity (Wildman–Crippen MR) is 53.0 cm³/mol. The van der Waals surface area contributed by atoms with Crippen LogP contribution in [0.1, 0.15) is 0 Å².